The molecule has 3 aromatic rings. The van der Waals surface area contributed by atoms with Crippen LogP contribution in [0.4, 0.5) is 0 Å². The number of carbonyl (C=O) groups is 1. The van der Waals surface area contributed by atoms with E-state index in [-0.39, 0.29) is 17.9 Å². The molecule has 2 aromatic carbocycles. The zero-order chi connectivity index (χ0) is 24.1. The summed E-state index contributed by atoms with van der Waals surface area (Å²) in [5.41, 5.74) is 1.85. The van der Waals surface area contributed by atoms with Gasteiger partial charge >= 0.3 is 5.97 Å². The number of nitrogens with one attached hydrogen (secondary N) is 1. The third-order valence-electron chi connectivity index (χ3n) is 6.19. The summed E-state index contributed by atoms with van der Waals surface area (Å²) < 4.78 is 35.8. The molecule has 2 N–H and O–H groups in total. The summed E-state index contributed by atoms with van der Waals surface area (Å²) in [5, 5.41) is 10.8. The van der Waals surface area contributed by atoms with E-state index in [4.69, 9.17) is 4.74 Å². The van der Waals surface area contributed by atoms with Crippen LogP contribution in [0.5, 0.6) is 5.75 Å². The highest BCUT2D eigenvalue weighted by molar-refractivity contribution is 7.89. The molecule has 7 nitrogen and oxygen atoms in total. The highest BCUT2D eigenvalue weighted by Crippen LogP contribution is 2.31. The second-order valence-corrected chi connectivity index (χ2v) is 10.2. The smallest absolute Gasteiger partial charge is 0.322 e. The maximum absolute atomic E-state index is 12.9. The SMILES string of the molecule is CC#CCOc1ccc(S(=O)(=O)N[C@H](Cc2cn(CC3CCC3)c3ccccc23)C(=O)O)cc1. The van der Waals surface area contributed by atoms with Crippen molar-refractivity contribution in [1.82, 2.24) is 9.29 Å². The van der Waals surface area contributed by atoms with E-state index < -0.39 is 22.0 Å². The Bertz CT molecular complexity index is 1330. The number of carboxylic acids is 1. The first-order chi connectivity index (χ1) is 16.4. The van der Waals surface area contributed by atoms with Crippen LogP contribution in [0.2, 0.25) is 0 Å². The summed E-state index contributed by atoms with van der Waals surface area (Å²) in [5.74, 6) is 5.37. The molecule has 0 saturated heterocycles. The van der Waals surface area contributed by atoms with Crippen LogP contribution in [0, 0.1) is 17.8 Å². The van der Waals surface area contributed by atoms with Gasteiger partial charge < -0.3 is 14.4 Å². The third kappa shape index (κ3) is 5.44. The van der Waals surface area contributed by atoms with Gasteiger partial charge in [-0.2, -0.15) is 4.72 Å². The molecule has 178 valence electrons. The zero-order valence-corrected chi connectivity index (χ0v) is 19.8. The van der Waals surface area contributed by atoms with Gasteiger partial charge in [-0.25, -0.2) is 8.42 Å². The molecule has 1 aliphatic rings. The van der Waals surface area contributed by atoms with Crippen molar-refractivity contribution in [3.05, 3.63) is 60.3 Å². The number of hydrogen-bond donors (Lipinski definition) is 2. The first-order valence-electron chi connectivity index (χ1n) is 11.3. The summed E-state index contributed by atoms with van der Waals surface area (Å²) in [6.07, 6.45) is 5.67. The molecule has 0 radical (unpaired) electrons. The molecular formula is C26H28N2O5S. The number of nitrogens with zero attached hydrogens (tertiary/aromatic N) is 1. The zero-order valence-electron chi connectivity index (χ0n) is 19.0. The van der Waals surface area contributed by atoms with Crippen molar-refractivity contribution in [1.29, 1.82) is 0 Å². The number of hydrogen-bond acceptors (Lipinski definition) is 4. The van der Waals surface area contributed by atoms with Crippen molar-refractivity contribution in [3.63, 3.8) is 0 Å². The van der Waals surface area contributed by atoms with Gasteiger partial charge in [-0.3, -0.25) is 4.79 Å². The number of sulfonamides is 1. The maximum atomic E-state index is 12.9. The van der Waals surface area contributed by atoms with Crippen molar-refractivity contribution < 1.29 is 23.1 Å². The van der Waals surface area contributed by atoms with Gasteiger partial charge in [0.2, 0.25) is 10.0 Å². The summed E-state index contributed by atoms with van der Waals surface area (Å²) in [4.78, 5) is 12.0. The number of para-hydroxylation sites is 1. The van der Waals surface area contributed by atoms with E-state index in [1.807, 2.05) is 30.5 Å². The Morgan fingerprint density at radius 3 is 2.59 bits per heavy atom. The number of carboxylic acid groups (broad SMARTS) is 1. The molecule has 1 fully saturated rings. The van der Waals surface area contributed by atoms with Gasteiger partial charge in [-0.05, 0) is 61.6 Å². The predicted octanol–water partition coefficient (Wildman–Crippen LogP) is 3.82. The predicted molar refractivity (Wildman–Crippen MR) is 130 cm³/mol. The molecule has 0 aliphatic heterocycles. The monoisotopic (exact) mass is 480 g/mol. The largest absolute Gasteiger partial charge is 0.481 e. The Morgan fingerprint density at radius 2 is 1.94 bits per heavy atom. The van der Waals surface area contributed by atoms with Gasteiger partial charge in [0.1, 0.15) is 18.4 Å². The molecular weight excluding hydrogens is 452 g/mol. The van der Waals surface area contributed by atoms with Crippen molar-refractivity contribution >= 4 is 26.9 Å². The van der Waals surface area contributed by atoms with Crippen LogP contribution < -0.4 is 9.46 Å². The number of ether oxygens (including phenoxy) is 1. The van der Waals surface area contributed by atoms with Crippen LogP contribution in [0.1, 0.15) is 31.7 Å². The normalized spacial score (nSPS) is 14.7. The first-order valence-corrected chi connectivity index (χ1v) is 12.8. The fraction of sp³-hybridized carbons (Fsp3) is 0.346. The van der Waals surface area contributed by atoms with Gasteiger partial charge in [0, 0.05) is 30.1 Å². The van der Waals surface area contributed by atoms with Crippen LogP contribution in [-0.2, 0) is 27.8 Å². The van der Waals surface area contributed by atoms with Crippen LogP contribution in [0.15, 0.2) is 59.6 Å². The number of benzene rings is 2. The van der Waals surface area contributed by atoms with Crippen LogP contribution in [0.3, 0.4) is 0 Å². The molecule has 4 rings (SSSR count). The average molecular weight is 481 g/mol. The van der Waals surface area contributed by atoms with Crippen molar-refractivity contribution in [2.45, 2.75) is 50.1 Å². The number of aliphatic carboxylic acids is 1. The molecule has 0 spiro atoms. The fourth-order valence-corrected chi connectivity index (χ4v) is 5.34. The van der Waals surface area contributed by atoms with Crippen LogP contribution >= 0.6 is 0 Å². The van der Waals surface area contributed by atoms with Crippen molar-refractivity contribution in [3.8, 4) is 17.6 Å². The molecule has 1 atom stereocenters. The van der Waals surface area contributed by atoms with Crippen LogP contribution in [-0.4, -0.2) is 36.7 Å². The molecule has 0 unspecified atom stereocenters. The summed E-state index contributed by atoms with van der Waals surface area (Å²) >= 11 is 0. The number of rotatable bonds is 10. The standard InChI is InChI=1S/C26H28N2O5S/c1-2-3-15-33-21-11-13-22(14-12-21)34(31,32)27-24(26(29)30)16-20-18-28(17-19-7-6-8-19)25-10-5-4-9-23(20)25/h4-5,9-14,18-19,24,27H,6-8,15-17H2,1H3,(H,29,30)/t24-/m1/s1. The lowest BCUT2D eigenvalue weighted by Gasteiger charge is -2.26. The third-order valence-corrected chi connectivity index (χ3v) is 7.68. The second-order valence-electron chi connectivity index (χ2n) is 8.52. The lowest BCUT2D eigenvalue weighted by atomic mass is 9.85. The average Bonchev–Trinajstić information content (AvgIpc) is 3.13. The Balaban J connectivity index is 1.53. The Kier molecular flexibility index (Phi) is 7.25. The minimum Gasteiger partial charge on any atom is -0.481 e. The lowest BCUT2D eigenvalue weighted by molar-refractivity contribution is -0.138. The Labute approximate surface area is 199 Å². The summed E-state index contributed by atoms with van der Waals surface area (Å²) in [6, 6.07) is 12.4. The molecule has 8 heteroatoms. The first kappa shape index (κ1) is 23.9. The highest BCUT2D eigenvalue weighted by Gasteiger charge is 2.27. The molecule has 0 amide bonds. The van der Waals surface area contributed by atoms with E-state index in [1.165, 1.54) is 43.5 Å². The van der Waals surface area contributed by atoms with E-state index in [0.29, 0.717) is 11.7 Å². The number of aromatic nitrogens is 1. The van der Waals surface area contributed by atoms with Gasteiger partial charge in [-0.1, -0.05) is 30.5 Å². The minimum absolute atomic E-state index is 0.0277. The van der Waals surface area contributed by atoms with E-state index in [1.54, 1.807) is 6.92 Å². The lowest BCUT2D eigenvalue weighted by Crippen LogP contribution is -2.42. The van der Waals surface area contributed by atoms with Gasteiger partial charge in [0.15, 0.2) is 0 Å². The topological polar surface area (TPSA) is 97.6 Å². The molecule has 1 aliphatic carbocycles. The highest BCUT2D eigenvalue weighted by atomic mass is 32.2. The van der Waals surface area contributed by atoms with E-state index in [9.17, 15) is 18.3 Å². The van der Waals surface area contributed by atoms with Gasteiger partial charge in [0.05, 0.1) is 4.90 Å². The van der Waals surface area contributed by atoms with E-state index in [0.717, 1.165) is 23.0 Å². The minimum atomic E-state index is -4.05. The van der Waals surface area contributed by atoms with E-state index in [2.05, 4.69) is 21.1 Å². The molecule has 1 saturated carbocycles. The fourth-order valence-electron chi connectivity index (χ4n) is 4.15. The molecule has 34 heavy (non-hydrogen) atoms. The van der Waals surface area contributed by atoms with Gasteiger partial charge in [0.25, 0.3) is 0 Å². The van der Waals surface area contributed by atoms with Crippen molar-refractivity contribution in [2.24, 2.45) is 5.92 Å². The summed E-state index contributed by atoms with van der Waals surface area (Å²) in [7, 11) is -4.05. The quantitative estimate of drug-likeness (QED) is 0.430. The van der Waals surface area contributed by atoms with E-state index >= 15 is 0 Å². The number of fused-ring (bicyclic) bond motifs is 1. The van der Waals surface area contributed by atoms with Gasteiger partial charge in [-0.15, -0.1) is 5.92 Å². The van der Waals surface area contributed by atoms with Crippen molar-refractivity contribution in [2.75, 3.05) is 6.61 Å². The second kappa shape index (κ2) is 10.3. The Hall–Kier alpha value is -3.28. The molecule has 1 heterocycles. The van der Waals surface area contributed by atoms with Crippen LogP contribution in [0.25, 0.3) is 10.9 Å². The Morgan fingerprint density at radius 1 is 1.21 bits per heavy atom. The molecule has 1 aromatic heterocycles. The molecule has 0 bridgehead atoms. The summed E-state index contributed by atoms with van der Waals surface area (Å²) in [6.45, 7) is 2.80. The maximum Gasteiger partial charge on any atom is 0.322 e.